The van der Waals surface area contributed by atoms with E-state index < -0.39 is 0 Å². The molecule has 0 aromatic heterocycles. The molecule has 29 heavy (non-hydrogen) atoms. The van der Waals surface area contributed by atoms with Crippen LogP contribution in [0.2, 0.25) is 10.0 Å². The third-order valence-electron chi connectivity index (χ3n) is 4.12. The summed E-state index contributed by atoms with van der Waals surface area (Å²) in [5.41, 5.74) is 3.91. The molecule has 0 saturated heterocycles. The summed E-state index contributed by atoms with van der Waals surface area (Å²) >= 11 is 14.5. The lowest BCUT2D eigenvalue weighted by atomic mass is 10.2. The molecule has 0 aliphatic rings. The lowest BCUT2D eigenvalue weighted by Crippen LogP contribution is -2.03. The molecular weight excluding hydrogens is 520 g/mol. The van der Waals surface area contributed by atoms with Crippen LogP contribution >= 0.6 is 45.8 Å². The van der Waals surface area contributed by atoms with Gasteiger partial charge in [0.15, 0.2) is 11.5 Å². The Kier molecular flexibility index (Phi) is 7.81. The normalized spacial score (nSPS) is 11.1. The Balaban J connectivity index is 1.82. The fraction of sp³-hybridized carbons (Fsp3) is 0.174. The van der Waals surface area contributed by atoms with Gasteiger partial charge in [-0.15, -0.1) is 0 Å². The summed E-state index contributed by atoms with van der Waals surface area (Å²) in [7, 11) is 0. The summed E-state index contributed by atoms with van der Waals surface area (Å²) in [6.07, 6.45) is 1.83. The molecular formula is C23H20Cl2INO2. The highest BCUT2D eigenvalue weighted by atomic mass is 127. The molecule has 0 unspecified atom stereocenters. The smallest absolute Gasteiger partial charge is 0.175 e. The van der Waals surface area contributed by atoms with E-state index in [9.17, 15) is 0 Å². The Morgan fingerprint density at radius 1 is 1.00 bits per heavy atom. The van der Waals surface area contributed by atoms with Gasteiger partial charge in [0.1, 0.15) is 6.61 Å². The fourth-order valence-corrected chi connectivity index (χ4v) is 3.88. The summed E-state index contributed by atoms with van der Waals surface area (Å²) in [5, 5.41) is 1.17. The number of halogens is 3. The zero-order valence-electron chi connectivity index (χ0n) is 16.1. The second kappa shape index (κ2) is 10.3. The quantitative estimate of drug-likeness (QED) is 0.228. The largest absolute Gasteiger partial charge is 0.490 e. The van der Waals surface area contributed by atoms with E-state index in [-0.39, 0.29) is 0 Å². The molecule has 3 rings (SSSR count). The van der Waals surface area contributed by atoms with Gasteiger partial charge in [0.25, 0.3) is 0 Å². The van der Waals surface area contributed by atoms with E-state index in [1.165, 1.54) is 5.56 Å². The van der Waals surface area contributed by atoms with Crippen LogP contribution < -0.4 is 9.47 Å². The number of rotatable bonds is 7. The first-order valence-corrected chi connectivity index (χ1v) is 10.9. The van der Waals surface area contributed by atoms with E-state index in [4.69, 9.17) is 32.7 Å². The number of hydrogen-bond acceptors (Lipinski definition) is 3. The molecule has 0 amide bonds. The highest BCUT2D eigenvalue weighted by Crippen LogP contribution is 2.35. The first-order chi connectivity index (χ1) is 14.0. The zero-order valence-corrected chi connectivity index (χ0v) is 19.8. The standard InChI is InChI=1S/C23H20Cl2INO2/c1-3-28-22-11-16(13-27-19-8-4-15(2)5-9-19)10-21(26)23(22)29-14-17-6-7-18(24)12-20(17)25/h4-13H,3,14H2,1-2H3. The predicted octanol–water partition coefficient (Wildman–Crippen LogP) is 7.63. The van der Waals surface area contributed by atoms with Gasteiger partial charge in [-0.05, 0) is 78.4 Å². The molecule has 3 nitrogen and oxygen atoms in total. The van der Waals surface area contributed by atoms with Crippen LogP contribution in [0.4, 0.5) is 5.69 Å². The van der Waals surface area contributed by atoms with Gasteiger partial charge in [-0.1, -0.05) is 47.0 Å². The summed E-state index contributed by atoms with van der Waals surface area (Å²) in [6, 6.07) is 17.4. The molecule has 0 N–H and O–H groups in total. The second-order valence-electron chi connectivity index (χ2n) is 6.38. The number of aryl methyl sites for hydroxylation is 1. The molecule has 0 saturated carbocycles. The Labute approximate surface area is 194 Å². The van der Waals surface area contributed by atoms with E-state index in [0.29, 0.717) is 34.8 Å². The van der Waals surface area contributed by atoms with Gasteiger partial charge in [0.2, 0.25) is 0 Å². The number of nitrogens with zero attached hydrogens (tertiary/aromatic N) is 1. The molecule has 3 aromatic carbocycles. The maximum atomic E-state index is 6.26. The molecule has 0 fully saturated rings. The summed E-state index contributed by atoms with van der Waals surface area (Å²) in [6.45, 7) is 4.86. The first-order valence-electron chi connectivity index (χ1n) is 9.10. The lowest BCUT2D eigenvalue weighted by Gasteiger charge is -2.15. The highest BCUT2D eigenvalue weighted by molar-refractivity contribution is 14.1. The van der Waals surface area contributed by atoms with Crippen LogP contribution in [0.15, 0.2) is 59.6 Å². The Bertz CT molecular complexity index is 1020. The molecule has 0 atom stereocenters. The molecule has 0 aliphatic carbocycles. The minimum Gasteiger partial charge on any atom is -0.490 e. The van der Waals surface area contributed by atoms with Crippen molar-refractivity contribution in [1.29, 1.82) is 0 Å². The van der Waals surface area contributed by atoms with Crippen LogP contribution in [-0.4, -0.2) is 12.8 Å². The van der Waals surface area contributed by atoms with Crippen molar-refractivity contribution in [2.24, 2.45) is 4.99 Å². The molecule has 0 heterocycles. The van der Waals surface area contributed by atoms with Gasteiger partial charge in [-0.3, -0.25) is 4.99 Å². The average Bonchev–Trinajstić information content (AvgIpc) is 2.68. The predicted molar refractivity (Wildman–Crippen MR) is 130 cm³/mol. The molecule has 3 aromatic rings. The molecule has 0 radical (unpaired) electrons. The number of benzene rings is 3. The van der Waals surface area contributed by atoms with Gasteiger partial charge >= 0.3 is 0 Å². The Morgan fingerprint density at radius 3 is 2.45 bits per heavy atom. The third-order valence-corrected chi connectivity index (χ3v) is 5.50. The van der Waals surface area contributed by atoms with Crippen molar-refractivity contribution in [2.45, 2.75) is 20.5 Å². The lowest BCUT2D eigenvalue weighted by molar-refractivity contribution is 0.267. The number of aliphatic imine (C=N–C) groups is 1. The number of hydrogen-bond donors (Lipinski definition) is 0. The molecule has 0 bridgehead atoms. The molecule has 0 aliphatic heterocycles. The Hall–Kier alpha value is -1.76. The maximum absolute atomic E-state index is 6.26. The van der Waals surface area contributed by atoms with Crippen LogP contribution in [0.1, 0.15) is 23.6 Å². The minimum absolute atomic E-state index is 0.322. The van der Waals surface area contributed by atoms with Crippen LogP contribution in [0.3, 0.4) is 0 Å². The zero-order chi connectivity index (χ0) is 20.8. The van der Waals surface area contributed by atoms with Crippen LogP contribution in [-0.2, 0) is 6.61 Å². The van der Waals surface area contributed by atoms with E-state index >= 15 is 0 Å². The van der Waals surface area contributed by atoms with Gasteiger partial charge in [-0.2, -0.15) is 0 Å². The summed E-state index contributed by atoms with van der Waals surface area (Å²) in [5.74, 6) is 1.36. The van der Waals surface area contributed by atoms with Gasteiger partial charge in [0.05, 0.1) is 15.9 Å². The van der Waals surface area contributed by atoms with Crippen LogP contribution in [0, 0.1) is 10.5 Å². The topological polar surface area (TPSA) is 30.8 Å². The van der Waals surface area contributed by atoms with Gasteiger partial charge in [0, 0.05) is 21.8 Å². The van der Waals surface area contributed by atoms with Gasteiger partial charge in [-0.25, -0.2) is 0 Å². The third kappa shape index (κ3) is 6.11. The average molecular weight is 540 g/mol. The highest BCUT2D eigenvalue weighted by Gasteiger charge is 2.13. The maximum Gasteiger partial charge on any atom is 0.175 e. The van der Waals surface area contributed by atoms with Crippen molar-refractivity contribution in [3.8, 4) is 11.5 Å². The van der Waals surface area contributed by atoms with Crippen molar-refractivity contribution in [3.63, 3.8) is 0 Å². The van der Waals surface area contributed by atoms with Gasteiger partial charge < -0.3 is 9.47 Å². The van der Waals surface area contributed by atoms with Crippen molar-refractivity contribution in [3.05, 3.63) is 84.9 Å². The SMILES string of the molecule is CCOc1cc(C=Nc2ccc(C)cc2)cc(I)c1OCc1ccc(Cl)cc1Cl. The van der Waals surface area contributed by atoms with E-state index in [1.54, 1.807) is 12.1 Å². The van der Waals surface area contributed by atoms with Crippen LogP contribution in [0.25, 0.3) is 0 Å². The van der Waals surface area contributed by atoms with Crippen molar-refractivity contribution >= 4 is 57.7 Å². The molecule has 6 heteroatoms. The monoisotopic (exact) mass is 539 g/mol. The van der Waals surface area contributed by atoms with Crippen molar-refractivity contribution in [2.75, 3.05) is 6.61 Å². The van der Waals surface area contributed by atoms with Crippen LogP contribution in [0.5, 0.6) is 11.5 Å². The Morgan fingerprint density at radius 2 is 1.76 bits per heavy atom. The van der Waals surface area contributed by atoms with Crippen molar-refractivity contribution < 1.29 is 9.47 Å². The molecule has 0 spiro atoms. The van der Waals surface area contributed by atoms with E-state index in [1.807, 2.05) is 55.6 Å². The summed E-state index contributed by atoms with van der Waals surface area (Å²) < 4.78 is 12.8. The van der Waals surface area contributed by atoms with E-state index in [2.05, 4.69) is 34.5 Å². The number of ether oxygens (including phenoxy) is 2. The van der Waals surface area contributed by atoms with Crippen molar-refractivity contribution in [1.82, 2.24) is 0 Å². The summed E-state index contributed by atoms with van der Waals surface area (Å²) in [4.78, 5) is 4.55. The minimum atomic E-state index is 0.322. The first kappa shape index (κ1) is 21.9. The van der Waals surface area contributed by atoms with E-state index in [0.717, 1.165) is 20.4 Å². The second-order valence-corrected chi connectivity index (χ2v) is 8.39. The fourth-order valence-electron chi connectivity index (χ4n) is 2.63. The molecule has 150 valence electrons.